The van der Waals surface area contributed by atoms with Crippen molar-refractivity contribution < 1.29 is 4.39 Å². The minimum atomic E-state index is -0.269. The van der Waals surface area contributed by atoms with Gasteiger partial charge in [-0.3, -0.25) is 0 Å². The molecule has 3 rings (SSSR count). The number of hydrogen-bond donors (Lipinski definition) is 1. The van der Waals surface area contributed by atoms with Gasteiger partial charge in [0.05, 0.1) is 0 Å². The Bertz CT molecular complexity index is 584. The third-order valence-corrected chi connectivity index (χ3v) is 4.64. The summed E-state index contributed by atoms with van der Waals surface area (Å²) in [5.74, 6) is 0.995. The van der Waals surface area contributed by atoms with Gasteiger partial charge in [-0.25, -0.2) is 9.38 Å². The second kappa shape index (κ2) is 5.60. The third-order valence-electron chi connectivity index (χ3n) is 4.64. The lowest BCUT2D eigenvalue weighted by Crippen LogP contribution is -2.38. The highest BCUT2D eigenvalue weighted by atomic mass is 19.1. The van der Waals surface area contributed by atoms with Crippen LogP contribution in [0.3, 0.4) is 0 Å². The van der Waals surface area contributed by atoms with Crippen LogP contribution in [0.25, 0.3) is 5.70 Å². The summed E-state index contributed by atoms with van der Waals surface area (Å²) in [6, 6.07) is 5.67. The molecule has 0 radical (unpaired) electrons. The van der Waals surface area contributed by atoms with Crippen molar-refractivity contribution >= 4 is 17.2 Å². The van der Waals surface area contributed by atoms with E-state index in [0.717, 1.165) is 42.8 Å². The van der Waals surface area contributed by atoms with Crippen LogP contribution in [-0.4, -0.2) is 30.9 Å². The first-order valence-corrected chi connectivity index (χ1v) is 7.56. The zero-order valence-corrected chi connectivity index (χ0v) is 12.7. The number of fused-ring (bicyclic) bond motifs is 1. The Morgan fingerprint density at radius 3 is 2.62 bits per heavy atom. The molecule has 0 atom stereocenters. The predicted octanol–water partition coefficient (Wildman–Crippen LogP) is 3.55. The van der Waals surface area contributed by atoms with Crippen LogP contribution >= 0.6 is 0 Å². The molecule has 1 N–H and O–H groups in total. The monoisotopic (exact) mass is 287 g/mol. The molecule has 1 saturated carbocycles. The summed E-state index contributed by atoms with van der Waals surface area (Å²) in [5, 5.41) is 3.29. The van der Waals surface area contributed by atoms with Gasteiger partial charge in [-0.15, -0.1) is 0 Å². The molecule has 0 spiro atoms. The van der Waals surface area contributed by atoms with E-state index in [9.17, 15) is 4.39 Å². The summed E-state index contributed by atoms with van der Waals surface area (Å²) >= 11 is 0. The molecule has 0 unspecified atom stereocenters. The average Bonchev–Trinajstić information content (AvgIpc) is 2.48. The first-order valence-electron chi connectivity index (χ1n) is 7.56. The number of hydrogen-bond acceptors (Lipinski definition) is 3. The Morgan fingerprint density at radius 1 is 1.24 bits per heavy atom. The zero-order chi connectivity index (χ0) is 15.0. The molecule has 3 nitrogen and oxygen atoms in total. The number of nitrogens with one attached hydrogen (secondary N) is 1. The molecule has 1 aromatic rings. The van der Waals surface area contributed by atoms with E-state index in [1.807, 2.05) is 6.07 Å². The van der Waals surface area contributed by atoms with Crippen molar-refractivity contribution in [2.45, 2.75) is 31.7 Å². The van der Waals surface area contributed by atoms with Crippen molar-refractivity contribution in [2.75, 3.05) is 14.1 Å². The minimum Gasteiger partial charge on any atom is -0.343 e. The Hall–Kier alpha value is -1.68. The van der Waals surface area contributed by atoms with E-state index in [4.69, 9.17) is 0 Å². The van der Waals surface area contributed by atoms with Gasteiger partial charge in [0.15, 0.2) is 0 Å². The summed E-state index contributed by atoms with van der Waals surface area (Å²) in [4.78, 5) is 6.84. The number of para-hydroxylation sites is 1. The Labute approximate surface area is 125 Å². The van der Waals surface area contributed by atoms with Gasteiger partial charge < -0.3 is 10.2 Å². The van der Waals surface area contributed by atoms with E-state index in [1.54, 1.807) is 6.07 Å². The van der Waals surface area contributed by atoms with Crippen LogP contribution in [0, 0.1) is 11.7 Å². The number of benzene rings is 1. The van der Waals surface area contributed by atoms with Gasteiger partial charge in [-0.1, -0.05) is 18.7 Å². The maximum absolute atomic E-state index is 14.0. The van der Waals surface area contributed by atoms with Crippen LogP contribution in [0.15, 0.2) is 29.8 Å². The molecule has 21 heavy (non-hydrogen) atoms. The second-order valence-electron chi connectivity index (χ2n) is 6.21. The number of nitrogens with zero attached hydrogens (tertiary/aromatic N) is 2. The molecular weight excluding hydrogens is 265 g/mol. The lowest BCUT2D eigenvalue weighted by molar-refractivity contribution is 0.213. The summed E-state index contributed by atoms with van der Waals surface area (Å²) in [5.41, 5.74) is 1.95. The quantitative estimate of drug-likeness (QED) is 0.901. The zero-order valence-electron chi connectivity index (χ0n) is 12.7. The largest absolute Gasteiger partial charge is 0.343 e. The second-order valence-corrected chi connectivity index (χ2v) is 6.21. The molecule has 1 heterocycles. The van der Waals surface area contributed by atoms with Crippen LogP contribution in [0.4, 0.5) is 10.1 Å². The molecule has 2 aliphatic rings. The normalized spacial score (nSPS) is 25.3. The summed E-state index contributed by atoms with van der Waals surface area (Å²) in [6.45, 7) is 4.02. The van der Waals surface area contributed by atoms with Crippen molar-refractivity contribution in [1.82, 2.24) is 10.2 Å². The number of halogens is 1. The molecule has 4 heteroatoms. The highest BCUT2D eigenvalue weighted by Gasteiger charge is 2.28. The van der Waals surface area contributed by atoms with Gasteiger partial charge in [0.25, 0.3) is 0 Å². The number of amidine groups is 1. The maximum Gasteiger partial charge on any atom is 0.149 e. The van der Waals surface area contributed by atoms with E-state index in [1.165, 1.54) is 6.07 Å². The predicted molar refractivity (Wildman–Crippen MR) is 85.1 cm³/mol. The molecule has 112 valence electrons. The van der Waals surface area contributed by atoms with Crippen LogP contribution in [-0.2, 0) is 0 Å². The minimum absolute atomic E-state index is 0.269. The SMILES string of the molecule is C=C1NC(C2CCC(N(C)C)CC2)=Nc2c(F)cccc21. The summed E-state index contributed by atoms with van der Waals surface area (Å²) in [6.07, 6.45) is 4.50. The fourth-order valence-electron chi connectivity index (χ4n) is 3.30. The van der Waals surface area contributed by atoms with Crippen LogP contribution in [0.1, 0.15) is 31.2 Å². The Morgan fingerprint density at radius 2 is 1.95 bits per heavy atom. The van der Waals surface area contributed by atoms with E-state index < -0.39 is 0 Å². The Kier molecular flexibility index (Phi) is 3.81. The fraction of sp³-hybridized carbons (Fsp3) is 0.471. The van der Waals surface area contributed by atoms with Gasteiger partial charge >= 0.3 is 0 Å². The van der Waals surface area contributed by atoms with Crippen molar-refractivity contribution in [3.63, 3.8) is 0 Å². The highest BCUT2D eigenvalue weighted by Crippen LogP contribution is 2.35. The standard InChI is InChI=1S/C17H22FN3/c1-11-14-5-4-6-15(18)16(14)20-17(19-11)12-7-9-13(10-8-12)21(2)3/h4-6,12-13H,1,7-10H2,2-3H3,(H,19,20). The molecule has 1 aliphatic carbocycles. The molecule has 0 amide bonds. The molecule has 1 aliphatic heterocycles. The summed E-state index contributed by atoms with van der Waals surface area (Å²) in [7, 11) is 4.27. The number of rotatable bonds is 2. The van der Waals surface area contributed by atoms with Crippen LogP contribution in [0.5, 0.6) is 0 Å². The van der Waals surface area contributed by atoms with Gasteiger partial charge in [0, 0.05) is 23.2 Å². The lowest BCUT2D eigenvalue weighted by atomic mass is 9.84. The van der Waals surface area contributed by atoms with Crippen molar-refractivity contribution in [2.24, 2.45) is 10.9 Å². The van der Waals surface area contributed by atoms with Gasteiger partial charge in [0.1, 0.15) is 17.3 Å². The van der Waals surface area contributed by atoms with Crippen LogP contribution in [0.2, 0.25) is 0 Å². The Balaban J connectivity index is 1.82. The average molecular weight is 287 g/mol. The van der Waals surface area contributed by atoms with Crippen LogP contribution < -0.4 is 5.32 Å². The van der Waals surface area contributed by atoms with Crippen molar-refractivity contribution in [3.8, 4) is 0 Å². The molecule has 0 bridgehead atoms. The molecule has 1 fully saturated rings. The van der Waals surface area contributed by atoms with Gasteiger partial charge in [-0.05, 0) is 45.8 Å². The lowest BCUT2D eigenvalue weighted by Gasteiger charge is -2.34. The topological polar surface area (TPSA) is 27.6 Å². The fourth-order valence-corrected chi connectivity index (χ4v) is 3.30. The van der Waals surface area contributed by atoms with Crippen molar-refractivity contribution in [1.29, 1.82) is 0 Å². The first kappa shape index (κ1) is 14.3. The van der Waals surface area contributed by atoms with E-state index in [2.05, 4.69) is 35.9 Å². The van der Waals surface area contributed by atoms with Crippen molar-refractivity contribution in [3.05, 3.63) is 36.2 Å². The highest BCUT2D eigenvalue weighted by molar-refractivity contribution is 5.99. The maximum atomic E-state index is 14.0. The van der Waals surface area contributed by atoms with E-state index >= 15 is 0 Å². The molecule has 0 saturated heterocycles. The third kappa shape index (κ3) is 2.72. The van der Waals surface area contributed by atoms with Gasteiger partial charge in [-0.2, -0.15) is 0 Å². The smallest absolute Gasteiger partial charge is 0.149 e. The first-order chi connectivity index (χ1) is 10.1. The summed E-state index contributed by atoms with van der Waals surface area (Å²) < 4.78 is 14.0. The molecular formula is C17H22FN3. The van der Waals surface area contributed by atoms with E-state index in [-0.39, 0.29) is 5.82 Å². The number of aliphatic imine (C=N–C) groups is 1. The van der Waals surface area contributed by atoms with Gasteiger partial charge in [0.2, 0.25) is 0 Å². The molecule has 0 aromatic heterocycles. The van der Waals surface area contributed by atoms with E-state index in [0.29, 0.717) is 17.6 Å². The molecule has 1 aromatic carbocycles.